The molecule has 2 rings (SSSR count). The van der Waals surface area contributed by atoms with Gasteiger partial charge in [0.2, 0.25) is 5.76 Å². The summed E-state index contributed by atoms with van der Waals surface area (Å²) in [6.07, 6.45) is 0.659. The molecule has 0 aliphatic carbocycles. The Morgan fingerprint density at radius 3 is 2.32 bits per heavy atom. The minimum atomic E-state index is -1.20. The number of hydrogen-bond donors (Lipinski definition) is 1. The van der Waals surface area contributed by atoms with Crippen LogP contribution in [0, 0.1) is 0 Å². The molecule has 1 heterocycles. The zero-order valence-corrected chi connectivity index (χ0v) is 13.0. The van der Waals surface area contributed by atoms with Gasteiger partial charge in [-0.1, -0.05) is 23.7 Å². The zero-order valence-electron chi connectivity index (χ0n) is 12.2. The summed E-state index contributed by atoms with van der Waals surface area (Å²) in [6, 6.07) is 9.99. The van der Waals surface area contributed by atoms with Crippen LogP contribution >= 0.6 is 11.6 Å². The van der Waals surface area contributed by atoms with Crippen LogP contribution in [0.15, 0.2) is 40.8 Å². The number of likely N-dealkylation sites (N-methyl/N-ethyl adjacent to an activating group) is 1. The van der Waals surface area contributed by atoms with Crippen LogP contribution in [0.3, 0.4) is 0 Å². The van der Waals surface area contributed by atoms with Gasteiger partial charge < -0.3 is 14.4 Å². The number of nitrogens with zero attached hydrogens (tertiary/aromatic N) is 1. The molecule has 1 aromatic carbocycles. The fourth-order valence-electron chi connectivity index (χ4n) is 2.04. The molecule has 1 aromatic heterocycles. The number of rotatable bonds is 5. The molecule has 1 N–H and O–H groups in total. The third-order valence-electron chi connectivity index (χ3n) is 3.45. The van der Waals surface area contributed by atoms with Crippen molar-refractivity contribution in [1.82, 2.24) is 4.90 Å². The first-order valence-corrected chi connectivity index (χ1v) is 7.11. The van der Waals surface area contributed by atoms with E-state index >= 15 is 0 Å². The van der Waals surface area contributed by atoms with Crippen molar-refractivity contribution >= 4 is 23.5 Å². The van der Waals surface area contributed by atoms with E-state index in [2.05, 4.69) is 0 Å². The van der Waals surface area contributed by atoms with Crippen LogP contribution in [0.2, 0.25) is 5.02 Å². The molecule has 1 atom stereocenters. The van der Waals surface area contributed by atoms with Crippen LogP contribution in [0.5, 0.6) is 0 Å². The normalized spacial score (nSPS) is 12.0. The molecule has 5 nitrogen and oxygen atoms in total. The summed E-state index contributed by atoms with van der Waals surface area (Å²) in [5.41, 5.74) is 1.06. The molecule has 0 fully saturated rings. The lowest BCUT2D eigenvalue weighted by Gasteiger charge is -2.24. The molecule has 1 amide bonds. The Hall–Kier alpha value is -2.27. The minimum absolute atomic E-state index is 0.0165. The van der Waals surface area contributed by atoms with E-state index in [0.717, 1.165) is 5.56 Å². The van der Waals surface area contributed by atoms with Crippen molar-refractivity contribution in [2.24, 2.45) is 0 Å². The quantitative estimate of drug-likeness (QED) is 0.917. The fraction of sp³-hybridized carbons (Fsp3) is 0.250. The first kappa shape index (κ1) is 16.1. The summed E-state index contributed by atoms with van der Waals surface area (Å²) in [6.45, 7) is 1.91. The standard InChI is InChI=1S/C16H16ClNO4/c1-10(9-11-3-5-12(17)6-4-11)18(2)15(19)13-7-8-14(22-13)16(20)21/h3-8,10H,9H2,1-2H3,(H,20,21). The van der Waals surface area contributed by atoms with Crippen LogP contribution < -0.4 is 0 Å². The lowest BCUT2D eigenvalue weighted by atomic mass is 10.1. The van der Waals surface area contributed by atoms with E-state index in [1.807, 2.05) is 19.1 Å². The molecule has 0 radical (unpaired) electrons. The van der Waals surface area contributed by atoms with Crippen molar-refractivity contribution in [3.8, 4) is 0 Å². The molecule has 0 aliphatic rings. The third-order valence-corrected chi connectivity index (χ3v) is 3.71. The summed E-state index contributed by atoms with van der Waals surface area (Å²) < 4.78 is 5.04. The summed E-state index contributed by atoms with van der Waals surface area (Å²) in [7, 11) is 1.66. The predicted molar refractivity (Wildman–Crippen MR) is 82.4 cm³/mol. The van der Waals surface area contributed by atoms with Gasteiger partial charge >= 0.3 is 5.97 Å². The van der Waals surface area contributed by atoms with Gasteiger partial charge in [-0.15, -0.1) is 0 Å². The van der Waals surface area contributed by atoms with Crippen molar-refractivity contribution in [1.29, 1.82) is 0 Å². The molecule has 0 bridgehead atoms. The molecule has 6 heteroatoms. The monoisotopic (exact) mass is 321 g/mol. The van der Waals surface area contributed by atoms with Crippen LogP contribution in [0.4, 0.5) is 0 Å². The predicted octanol–water partition coefficient (Wildman–Crippen LogP) is 3.33. The number of furan rings is 1. The number of halogens is 1. The number of carboxylic acid groups (broad SMARTS) is 1. The Bertz CT molecular complexity index is 678. The van der Waals surface area contributed by atoms with E-state index in [1.54, 1.807) is 19.2 Å². The number of amides is 1. The summed E-state index contributed by atoms with van der Waals surface area (Å²) in [5, 5.41) is 9.48. The van der Waals surface area contributed by atoms with E-state index in [-0.39, 0.29) is 23.5 Å². The van der Waals surface area contributed by atoms with Crippen molar-refractivity contribution in [2.45, 2.75) is 19.4 Å². The highest BCUT2D eigenvalue weighted by atomic mass is 35.5. The molecule has 0 saturated heterocycles. The molecule has 0 aliphatic heterocycles. The number of benzene rings is 1. The number of aromatic carboxylic acids is 1. The number of hydrogen-bond acceptors (Lipinski definition) is 3. The smallest absolute Gasteiger partial charge is 0.371 e. The maximum atomic E-state index is 12.3. The van der Waals surface area contributed by atoms with Gasteiger partial charge in [0.1, 0.15) is 0 Å². The Morgan fingerprint density at radius 2 is 1.77 bits per heavy atom. The first-order valence-electron chi connectivity index (χ1n) is 6.73. The number of carboxylic acids is 1. The lowest BCUT2D eigenvalue weighted by Crippen LogP contribution is -2.36. The van der Waals surface area contributed by atoms with Crippen molar-refractivity contribution in [3.05, 3.63) is 58.5 Å². The van der Waals surface area contributed by atoms with Crippen LogP contribution in [0.1, 0.15) is 33.6 Å². The second kappa shape index (κ2) is 6.66. The molecule has 0 spiro atoms. The summed E-state index contributed by atoms with van der Waals surface area (Å²) in [4.78, 5) is 24.6. The van der Waals surface area contributed by atoms with Crippen molar-refractivity contribution in [2.75, 3.05) is 7.05 Å². The molecular weight excluding hydrogens is 306 g/mol. The van der Waals surface area contributed by atoms with Gasteiger partial charge in [0.05, 0.1) is 0 Å². The van der Waals surface area contributed by atoms with E-state index in [1.165, 1.54) is 17.0 Å². The highest BCUT2D eigenvalue weighted by molar-refractivity contribution is 6.30. The topological polar surface area (TPSA) is 70.8 Å². The first-order chi connectivity index (χ1) is 10.4. The lowest BCUT2D eigenvalue weighted by molar-refractivity contribution is 0.0647. The van der Waals surface area contributed by atoms with Crippen LogP contribution in [-0.2, 0) is 6.42 Å². The highest BCUT2D eigenvalue weighted by Crippen LogP contribution is 2.15. The fourth-order valence-corrected chi connectivity index (χ4v) is 2.17. The van der Waals surface area contributed by atoms with Gasteiger partial charge in [0.25, 0.3) is 5.91 Å². The maximum Gasteiger partial charge on any atom is 0.371 e. The number of carbonyl (C=O) groups excluding carboxylic acids is 1. The van der Waals surface area contributed by atoms with Gasteiger partial charge in [-0.05, 0) is 43.2 Å². The van der Waals surface area contributed by atoms with Gasteiger partial charge in [-0.3, -0.25) is 4.79 Å². The van der Waals surface area contributed by atoms with E-state index in [9.17, 15) is 9.59 Å². The SMILES string of the molecule is CC(Cc1ccc(Cl)cc1)N(C)C(=O)c1ccc(C(=O)O)o1. The largest absolute Gasteiger partial charge is 0.475 e. The zero-order chi connectivity index (χ0) is 16.3. The van der Waals surface area contributed by atoms with E-state index < -0.39 is 5.97 Å². The summed E-state index contributed by atoms with van der Waals surface area (Å²) in [5.74, 6) is -1.78. The molecule has 2 aromatic rings. The van der Waals surface area contributed by atoms with Gasteiger partial charge in [0, 0.05) is 18.1 Å². The van der Waals surface area contributed by atoms with Crippen LogP contribution in [0.25, 0.3) is 0 Å². The van der Waals surface area contributed by atoms with Gasteiger partial charge in [-0.25, -0.2) is 4.79 Å². The van der Waals surface area contributed by atoms with Gasteiger partial charge in [-0.2, -0.15) is 0 Å². The van der Waals surface area contributed by atoms with Gasteiger partial charge in [0.15, 0.2) is 5.76 Å². The average molecular weight is 322 g/mol. The molecule has 0 saturated carbocycles. The Morgan fingerprint density at radius 1 is 1.18 bits per heavy atom. The molecule has 1 unspecified atom stereocenters. The number of carbonyl (C=O) groups is 2. The maximum absolute atomic E-state index is 12.3. The van der Waals surface area contributed by atoms with Crippen molar-refractivity contribution in [3.63, 3.8) is 0 Å². The Labute approximate surface area is 133 Å². The second-order valence-electron chi connectivity index (χ2n) is 5.06. The molecule has 116 valence electrons. The molecular formula is C16H16ClNO4. The van der Waals surface area contributed by atoms with Crippen molar-refractivity contribution < 1.29 is 19.1 Å². The highest BCUT2D eigenvalue weighted by Gasteiger charge is 2.22. The second-order valence-corrected chi connectivity index (χ2v) is 5.50. The van der Waals surface area contributed by atoms with E-state index in [0.29, 0.717) is 11.4 Å². The summed E-state index contributed by atoms with van der Waals surface area (Å²) >= 11 is 5.84. The van der Waals surface area contributed by atoms with Crippen LogP contribution in [-0.4, -0.2) is 35.0 Å². The van der Waals surface area contributed by atoms with E-state index in [4.69, 9.17) is 21.1 Å². The minimum Gasteiger partial charge on any atom is -0.475 e. The third kappa shape index (κ3) is 3.68. The Kier molecular flexibility index (Phi) is 4.88. The molecule has 22 heavy (non-hydrogen) atoms. The average Bonchev–Trinajstić information content (AvgIpc) is 2.98. The Balaban J connectivity index is 2.05.